The van der Waals surface area contributed by atoms with Gasteiger partial charge in [-0.1, -0.05) is 24.3 Å². The van der Waals surface area contributed by atoms with Gasteiger partial charge in [-0.3, -0.25) is 4.90 Å². The monoisotopic (exact) mass is 280 g/mol. The molecule has 0 saturated heterocycles. The van der Waals surface area contributed by atoms with Crippen LogP contribution in [0.15, 0.2) is 24.3 Å². The van der Waals surface area contributed by atoms with Gasteiger partial charge in [-0.05, 0) is 25.0 Å². The molecule has 4 heteroatoms. The van der Waals surface area contributed by atoms with Crippen LogP contribution in [0.2, 0.25) is 0 Å². The molecule has 0 fully saturated rings. The Labute approximate surface area is 122 Å². The van der Waals surface area contributed by atoms with Crippen molar-refractivity contribution in [3.8, 4) is 0 Å². The highest BCUT2D eigenvalue weighted by Gasteiger charge is 2.18. The highest BCUT2D eigenvalue weighted by atomic mass is 16.5. The van der Waals surface area contributed by atoms with E-state index in [9.17, 15) is 0 Å². The van der Waals surface area contributed by atoms with Crippen LogP contribution in [0.4, 0.5) is 0 Å². The summed E-state index contributed by atoms with van der Waals surface area (Å²) in [5.41, 5.74) is 8.83. The summed E-state index contributed by atoms with van der Waals surface area (Å²) in [6.07, 6.45) is 0. The van der Waals surface area contributed by atoms with Crippen molar-refractivity contribution in [3.63, 3.8) is 0 Å². The number of ether oxygens (including phenoxy) is 2. The van der Waals surface area contributed by atoms with E-state index in [1.165, 1.54) is 11.1 Å². The fourth-order valence-corrected chi connectivity index (χ4v) is 2.40. The Morgan fingerprint density at radius 1 is 1.20 bits per heavy atom. The van der Waals surface area contributed by atoms with Gasteiger partial charge in [-0.15, -0.1) is 0 Å². The van der Waals surface area contributed by atoms with E-state index in [1.54, 1.807) is 14.2 Å². The molecule has 0 aromatic heterocycles. The van der Waals surface area contributed by atoms with E-state index < -0.39 is 0 Å². The number of benzene rings is 1. The molecule has 0 heterocycles. The van der Waals surface area contributed by atoms with E-state index in [2.05, 4.69) is 30.9 Å². The summed E-state index contributed by atoms with van der Waals surface area (Å²) >= 11 is 0. The molecule has 4 nitrogen and oxygen atoms in total. The molecular weight excluding hydrogens is 252 g/mol. The molecule has 1 aromatic rings. The Morgan fingerprint density at radius 3 is 2.50 bits per heavy atom. The van der Waals surface area contributed by atoms with Gasteiger partial charge >= 0.3 is 0 Å². The van der Waals surface area contributed by atoms with Crippen LogP contribution >= 0.6 is 0 Å². The molecule has 2 unspecified atom stereocenters. The Bertz CT molecular complexity index is 384. The Hall–Kier alpha value is -0.940. The highest BCUT2D eigenvalue weighted by molar-refractivity contribution is 5.28. The third-order valence-corrected chi connectivity index (χ3v) is 3.63. The summed E-state index contributed by atoms with van der Waals surface area (Å²) in [7, 11) is 3.45. The van der Waals surface area contributed by atoms with Crippen molar-refractivity contribution in [2.24, 2.45) is 5.73 Å². The van der Waals surface area contributed by atoms with E-state index in [0.717, 1.165) is 13.1 Å². The number of hydrogen-bond donors (Lipinski definition) is 1. The number of hydrogen-bond acceptors (Lipinski definition) is 4. The fraction of sp³-hybridized carbons (Fsp3) is 0.625. The lowest BCUT2D eigenvalue weighted by atomic mass is 10.0. The molecule has 1 rings (SSSR count). The maximum Gasteiger partial charge on any atom is 0.0615 e. The molecule has 0 saturated carbocycles. The van der Waals surface area contributed by atoms with Gasteiger partial charge < -0.3 is 15.2 Å². The molecule has 0 spiro atoms. The number of nitrogens with two attached hydrogens (primary N) is 1. The lowest BCUT2D eigenvalue weighted by Gasteiger charge is -2.31. The molecule has 0 aliphatic carbocycles. The van der Waals surface area contributed by atoms with Crippen molar-refractivity contribution in [2.75, 3.05) is 40.5 Å². The minimum absolute atomic E-state index is 0.00682. The summed E-state index contributed by atoms with van der Waals surface area (Å²) in [5.74, 6) is 0. The minimum Gasteiger partial charge on any atom is -0.383 e. The molecule has 1 aromatic carbocycles. The summed E-state index contributed by atoms with van der Waals surface area (Å²) in [6, 6.07) is 8.63. The van der Waals surface area contributed by atoms with Gasteiger partial charge in [0.1, 0.15) is 0 Å². The van der Waals surface area contributed by atoms with Crippen LogP contribution in [0.25, 0.3) is 0 Å². The standard InChI is InChI=1S/C16H28N2O2/c1-13-7-5-6-8-15(13)16(17)11-18(9-10-19-3)14(2)12-20-4/h5-8,14,16H,9-12,17H2,1-4H3. The average molecular weight is 280 g/mol. The number of nitrogens with zero attached hydrogens (tertiary/aromatic N) is 1. The van der Waals surface area contributed by atoms with Gasteiger partial charge in [0.25, 0.3) is 0 Å². The zero-order valence-corrected chi connectivity index (χ0v) is 13.1. The second-order valence-corrected chi connectivity index (χ2v) is 5.26. The molecule has 0 amide bonds. The topological polar surface area (TPSA) is 47.7 Å². The van der Waals surface area contributed by atoms with Crippen molar-refractivity contribution >= 4 is 0 Å². The lowest BCUT2D eigenvalue weighted by Crippen LogP contribution is -2.42. The van der Waals surface area contributed by atoms with Gasteiger partial charge in [0.15, 0.2) is 0 Å². The molecule has 2 N–H and O–H groups in total. The Kier molecular flexibility index (Phi) is 7.77. The summed E-state index contributed by atoms with van der Waals surface area (Å²) < 4.78 is 10.4. The zero-order valence-electron chi connectivity index (χ0n) is 13.1. The average Bonchev–Trinajstić information content (AvgIpc) is 2.43. The van der Waals surface area contributed by atoms with Gasteiger partial charge in [0, 0.05) is 39.4 Å². The SMILES string of the molecule is COCCN(CC(N)c1ccccc1C)C(C)COC. The van der Waals surface area contributed by atoms with Crippen LogP contribution in [0.1, 0.15) is 24.1 Å². The van der Waals surface area contributed by atoms with Crippen LogP contribution in [0.5, 0.6) is 0 Å². The second kappa shape index (κ2) is 9.08. The van der Waals surface area contributed by atoms with Crippen LogP contribution in [0.3, 0.4) is 0 Å². The second-order valence-electron chi connectivity index (χ2n) is 5.26. The Morgan fingerprint density at radius 2 is 1.90 bits per heavy atom. The van der Waals surface area contributed by atoms with Crippen molar-refractivity contribution < 1.29 is 9.47 Å². The predicted octanol–water partition coefficient (Wildman–Crippen LogP) is 1.98. The molecule has 2 atom stereocenters. The quantitative estimate of drug-likeness (QED) is 0.751. The molecule has 0 radical (unpaired) electrons. The molecule has 114 valence electrons. The van der Waals surface area contributed by atoms with Gasteiger partial charge in [-0.25, -0.2) is 0 Å². The van der Waals surface area contributed by atoms with Crippen molar-refractivity contribution in [1.29, 1.82) is 0 Å². The number of methoxy groups -OCH3 is 2. The summed E-state index contributed by atoms with van der Waals surface area (Å²) in [4.78, 5) is 2.32. The summed E-state index contributed by atoms with van der Waals surface area (Å²) in [6.45, 7) is 7.33. The zero-order chi connectivity index (χ0) is 15.0. The van der Waals surface area contributed by atoms with Crippen molar-refractivity contribution in [1.82, 2.24) is 4.90 Å². The third-order valence-electron chi connectivity index (χ3n) is 3.63. The van der Waals surface area contributed by atoms with Crippen LogP contribution in [0, 0.1) is 6.92 Å². The van der Waals surface area contributed by atoms with E-state index >= 15 is 0 Å². The number of rotatable bonds is 9. The van der Waals surface area contributed by atoms with Crippen molar-refractivity contribution in [3.05, 3.63) is 35.4 Å². The number of aryl methyl sites for hydroxylation is 1. The highest BCUT2D eigenvalue weighted by Crippen LogP contribution is 2.17. The molecule has 0 aliphatic rings. The third kappa shape index (κ3) is 5.21. The first-order valence-electron chi connectivity index (χ1n) is 7.13. The molecule has 20 heavy (non-hydrogen) atoms. The smallest absolute Gasteiger partial charge is 0.0615 e. The van der Waals surface area contributed by atoms with E-state index in [0.29, 0.717) is 19.3 Å². The maximum absolute atomic E-state index is 6.38. The van der Waals surface area contributed by atoms with E-state index in [-0.39, 0.29) is 6.04 Å². The first-order chi connectivity index (χ1) is 9.60. The normalized spacial score (nSPS) is 14.5. The largest absolute Gasteiger partial charge is 0.383 e. The van der Waals surface area contributed by atoms with Crippen LogP contribution in [-0.2, 0) is 9.47 Å². The summed E-state index contributed by atoms with van der Waals surface area (Å²) in [5, 5.41) is 0. The van der Waals surface area contributed by atoms with Crippen LogP contribution < -0.4 is 5.73 Å². The lowest BCUT2D eigenvalue weighted by molar-refractivity contribution is 0.0713. The minimum atomic E-state index is 0.00682. The van der Waals surface area contributed by atoms with E-state index in [4.69, 9.17) is 15.2 Å². The first-order valence-corrected chi connectivity index (χ1v) is 7.13. The van der Waals surface area contributed by atoms with Gasteiger partial charge in [0.2, 0.25) is 0 Å². The van der Waals surface area contributed by atoms with E-state index in [1.807, 2.05) is 12.1 Å². The molecule has 0 aliphatic heterocycles. The van der Waals surface area contributed by atoms with Crippen molar-refractivity contribution in [2.45, 2.75) is 25.9 Å². The maximum atomic E-state index is 6.38. The van der Waals surface area contributed by atoms with Gasteiger partial charge in [-0.2, -0.15) is 0 Å². The predicted molar refractivity (Wildman–Crippen MR) is 82.9 cm³/mol. The fourth-order valence-electron chi connectivity index (χ4n) is 2.40. The first kappa shape index (κ1) is 17.1. The molecule has 0 bridgehead atoms. The van der Waals surface area contributed by atoms with Crippen LogP contribution in [-0.4, -0.2) is 51.5 Å². The van der Waals surface area contributed by atoms with Gasteiger partial charge in [0.05, 0.1) is 13.2 Å². The molecular formula is C16H28N2O2. The Balaban J connectivity index is 2.70.